The molecule has 6 heteroatoms. The van der Waals surface area contributed by atoms with Gasteiger partial charge in [0.15, 0.2) is 0 Å². The second kappa shape index (κ2) is 6.44. The number of aromatic nitrogens is 2. The molecule has 96 valence electrons. The minimum absolute atomic E-state index is 0.574. The average molecular weight is 376 g/mol. The van der Waals surface area contributed by atoms with Crippen LogP contribution < -0.4 is 4.74 Å². The van der Waals surface area contributed by atoms with Crippen LogP contribution in [0.4, 0.5) is 0 Å². The Kier molecular flexibility index (Phi) is 4.90. The zero-order valence-corrected chi connectivity index (χ0v) is 13.1. The minimum Gasteiger partial charge on any atom is -0.429 e. The number of ether oxygens (including phenoxy) is 2. The van der Waals surface area contributed by atoms with Crippen LogP contribution in [-0.2, 0) is 11.2 Å². The van der Waals surface area contributed by atoms with Crippen LogP contribution in [0, 0.1) is 10.5 Å². The van der Waals surface area contributed by atoms with Gasteiger partial charge in [-0.2, -0.15) is 9.36 Å². The molecule has 2 aromatic rings. The largest absolute Gasteiger partial charge is 0.429 e. The Bertz CT molecular complexity index is 531. The van der Waals surface area contributed by atoms with Gasteiger partial charge in [0.25, 0.3) is 5.19 Å². The van der Waals surface area contributed by atoms with E-state index in [0.29, 0.717) is 18.2 Å². The van der Waals surface area contributed by atoms with Crippen LogP contribution in [0.5, 0.6) is 10.9 Å². The average Bonchev–Trinajstić information content (AvgIpc) is 2.79. The van der Waals surface area contributed by atoms with Crippen molar-refractivity contribution in [3.05, 3.63) is 33.2 Å². The number of methoxy groups -OCH3 is 1. The van der Waals surface area contributed by atoms with Crippen molar-refractivity contribution >= 4 is 34.1 Å². The Morgan fingerprint density at radius 3 is 3.00 bits per heavy atom. The normalized spacial score (nSPS) is 10.6. The van der Waals surface area contributed by atoms with Crippen molar-refractivity contribution in [1.29, 1.82) is 0 Å². The molecule has 18 heavy (non-hydrogen) atoms. The molecule has 1 aromatic heterocycles. The van der Waals surface area contributed by atoms with E-state index in [9.17, 15) is 0 Å². The van der Waals surface area contributed by atoms with Gasteiger partial charge in [-0.15, -0.1) is 0 Å². The predicted molar refractivity (Wildman–Crippen MR) is 79.5 cm³/mol. The summed E-state index contributed by atoms with van der Waals surface area (Å²) in [6.07, 6.45) is 0.710. The van der Waals surface area contributed by atoms with E-state index < -0.39 is 0 Å². The molecule has 0 spiro atoms. The third-order valence-electron chi connectivity index (χ3n) is 2.26. The van der Waals surface area contributed by atoms with Gasteiger partial charge < -0.3 is 9.47 Å². The van der Waals surface area contributed by atoms with E-state index in [0.717, 1.165) is 20.7 Å². The first-order chi connectivity index (χ1) is 8.69. The maximum Gasteiger partial charge on any atom is 0.298 e. The summed E-state index contributed by atoms with van der Waals surface area (Å²) < 4.78 is 16.0. The summed E-state index contributed by atoms with van der Waals surface area (Å²) in [5, 5.41) is 0.574. The van der Waals surface area contributed by atoms with Gasteiger partial charge in [0.05, 0.1) is 10.2 Å². The van der Waals surface area contributed by atoms with Crippen molar-refractivity contribution in [3.8, 4) is 10.9 Å². The number of nitrogens with zero attached hydrogens (tertiary/aromatic N) is 2. The van der Waals surface area contributed by atoms with Crippen molar-refractivity contribution in [3.63, 3.8) is 0 Å². The Morgan fingerprint density at radius 2 is 2.22 bits per heavy atom. The van der Waals surface area contributed by atoms with Crippen LogP contribution in [0.15, 0.2) is 18.2 Å². The fourth-order valence-corrected chi connectivity index (χ4v) is 2.39. The molecule has 1 aromatic carbocycles. The van der Waals surface area contributed by atoms with Crippen LogP contribution in [-0.4, -0.2) is 23.1 Å². The molecule has 0 radical (unpaired) electrons. The van der Waals surface area contributed by atoms with Gasteiger partial charge in [0.2, 0.25) is 0 Å². The molecule has 0 atom stereocenters. The van der Waals surface area contributed by atoms with Crippen LogP contribution in [0.2, 0.25) is 0 Å². The summed E-state index contributed by atoms with van der Waals surface area (Å²) in [5.74, 6) is 1.59. The third-order valence-corrected chi connectivity index (χ3v) is 3.79. The molecule has 1 heterocycles. The highest BCUT2D eigenvalue weighted by atomic mass is 127. The highest BCUT2D eigenvalue weighted by molar-refractivity contribution is 14.1. The topological polar surface area (TPSA) is 44.2 Å². The molecule has 0 amide bonds. The molecule has 0 fully saturated rings. The van der Waals surface area contributed by atoms with Crippen LogP contribution in [0.1, 0.15) is 11.4 Å². The molecule has 4 nitrogen and oxygen atoms in total. The van der Waals surface area contributed by atoms with Gasteiger partial charge in [-0.25, -0.2) is 0 Å². The summed E-state index contributed by atoms with van der Waals surface area (Å²) in [6.45, 7) is 2.66. The van der Waals surface area contributed by atoms with Crippen molar-refractivity contribution in [2.75, 3.05) is 13.7 Å². The zero-order valence-electron chi connectivity index (χ0n) is 10.1. The first-order valence-corrected chi connectivity index (χ1v) is 7.30. The van der Waals surface area contributed by atoms with Gasteiger partial charge in [0, 0.05) is 25.1 Å². The number of hydrogen-bond acceptors (Lipinski definition) is 5. The van der Waals surface area contributed by atoms with E-state index in [-0.39, 0.29) is 0 Å². The van der Waals surface area contributed by atoms with Gasteiger partial charge in [0.1, 0.15) is 11.6 Å². The number of hydrogen-bond donors (Lipinski definition) is 0. The molecule has 0 saturated carbocycles. The van der Waals surface area contributed by atoms with Crippen LogP contribution in [0.25, 0.3) is 0 Å². The van der Waals surface area contributed by atoms with E-state index in [4.69, 9.17) is 9.47 Å². The van der Waals surface area contributed by atoms with Crippen molar-refractivity contribution in [1.82, 2.24) is 9.36 Å². The highest BCUT2D eigenvalue weighted by Crippen LogP contribution is 2.28. The molecule has 0 bridgehead atoms. The number of benzene rings is 1. The maximum atomic E-state index is 5.75. The van der Waals surface area contributed by atoms with Crippen molar-refractivity contribution in [2.24, 2.45) is 0 Å². The predicted octanol–water partition coefficient (Wildman–Crippen LogP) is 3.43. The third kappa shape index (κ3) is 3.63. The molecule has 0 aliphatic heterocycles. The van der Waals surface area contributed by atoms with Crippen molar-refractivity contribution in [2.45, 2.75) is 13.3 Å². The van der Waals surface area contributed by atoms with Gasteiger partial charge in [-0.1, -0.05) is 6.07 Å². The second-order valence-electron chi connectivity index (χ2n) is 3.76. The lowest BCUT2D eigenvalue weighted by molar-refractivity contribution is 0.200. The maximum absolute atomic E-state index is 5.75. The lowest BCUT2D eigenvalue weighted by Gasteiger charge is -2.04. The quantitative estimate of drug-likeness (QED) is 0.750. The summed E-state index contributed by atoms with van der Waals surface area (Å²) in [5.41, 5.74) is 1.16. The van der Waals surface area contributed by atoms with E-state index in [1.165, 1.54) is 11.5 Å². The molecule has 2 rings (SSSR count). The monoisotopic (exact) mass is 376 g/mol. The van der Waals surface area contributed by atoms with E-state index in [1.807, 2.05) is 19.1 Å². The molecule has 0 N–H and O–H groups in total. The molecular formula is C12H13IN2O2S. The Labute approximate surface area is 124 Å². The summed E-state index contributed by atoms with van der Waals surface area (Å²) in [6, 6.07) is 6.08. The van der Waals surface area contributed by atoms with E-state index >= 15 is 0 Å². The summed E-state index contributed by atoms with van der Waals surface area (Å²) >= 11 is 3.51. The summed E-state index contributed by atoms with van der Waals surface area (Å²) in [7, 11) is 1.67. The molecule has 0 aliphatic carbocycles. The van der Waals surface area contributed by atoms with Gasteiger partial charge >= 0.3 is 0 Å². The molecule has 0 saturated heterocycles. The van der Waals surface area contributed by atoms with E-state index in [2.05, 4.69) is 38.0 Å². The zero-order chi connectivity index (χ0) is 13.0. The van der Waals surface area contributed by atoms with Gasteiger partial charge in [-0.05, 0) is 47.2 Å². The second-order valence-corrected chi connectivity index (χ2v) is 5.63. The fourth-order valence-electron chi connectivity index (χ4n) is 1.36. The summed E-state index contributed by atoms with van der Waals surface area (Å²) in [4.78, 5) is 4.32. The smallest absolute Gasteiger partial charge is 0.298 e. The standard InChI is InChI=1S/C12H13IN2O2S/c1-8-3-4-9(13)10(7-8)17-12-14-11(15-18-12)5-6-16-2/h3-4,7H,5-6H2,1-2H3. The number of aryl methyl sites for hydroxylation is 1. The SMILES string of the molecule is COCCc1nsc(Oc2cc(C)ccc2I)n1. The Morgan fingerprint density at radius 1 is 1.39 bits per heavy atom. The van der Waals surface area contributed by atoms with Crippen LogP contribution >= 0.6 is 34.1 Å². The van der Waals surface area contributed by atoms with Gasteiger partial charge in [-0.3, -0.25) is 0 Å². The molecule has 0 unspecified atom stereocenters. The minimum atomic E-state index is 0.574. The Balaban J connectivity index is 2.08. The Hall–Kier alpha value is -0.730. The van der Waals surface area contributed by atoms with E-state index in [1.54, 1.807) is 7.11 Å². The highest BCUT2D eigenvalue weighted by Gasteiger charge is 2.08. The lowest BCUT2D eigenvalue weighted by atomic mass is 10.2. The van der Waals surface area contributed by atoms with Crippen LogP contribution in [0.3, 0.4) is 0 Å². The lowest BCUT2D eigenvalue weighted by Crippen LogP contribution is -1.96. The number of halogens is 1. The first-order valence-electron chi connectivity index (χ1n) is 5.44. The molecular weight excluding hydrogens is 363 g/mol. The molecule has 0 aliphatic rings. The van der Waals surface area contributed by atoms with Crippen molar-refractivity contribution < 1.29 is 9.47 Å². The number of rotatable bonds is 5. The first kappa shape index (κ1) is 13.7. The fraction of sp³-hybridized carbons (Fsp3) is 0.333.